The van der Waals surface area contributed by atoms with Crippen molar-refractivity contribution >= 4 is 11.8 Å². The number of aryl methyl sites for hydroxylation is 1. The summed E-state index contributed by atoms with van der Waals surface area (Å²) in [5.74, 6) is 0.504. The minimum absolute atomic E-state index is 0.161. The molecule has 2 aliphatic rings. The Morgan fingerprint density at radius 1 is 1.06 bits per heavy atom. The van der Waals surface area contributed by atoms with E-state index >= 15 is 0 Å². The largest absolute Gasteiger partial charge is 0.348 e. The molecule has 0 bridgehead atoms. The van der Waals surface area contributed by atoms with E-state index in [1.165, 1.54) is 0 Å². The van der Waals surface area contributed by atoms with E-state index in [9.17, 15) is 9.59 Å². The second-order valence-electron chi connectivity index (χ2n) is 8.90. The summed E-state index contributed by atoms with van der Waals surface area (Å²) in [5.41, 5.74) is 2.20. The topological polar surface area (TPSA) is 101 Å². The molecular formula is C25H27N5O3. The molecule has 2 aromatic heterocycles. The molecule has 0 unspecified atom stereocenters. The molecule has 5 rings (SSSR count). The number of aromatic nitrogens is 3. The molecule has 3 aromatic rings. The van der Waals surface area contributed by atoms with Crippen LogP contribution in [0.3, 0.4) is 0 Å². The Bertz CT molecular complexity index is 1120. The van der Waals surface area contributed by atoms with E-state index in [1.807, 2.05) is 48.2 Å². The number of hydrogen-bond donors (Lipinski definition) is 1. The van der Waals surface area contributed by atoms with Gasteiger partial charge in [0.1, 0.15) is 0 Å². The zero-order chi connectivity index (χ0) is 22.8. The highest BCUT2D eigenvalue weighted by Gasteiger charge is 2.44. The Labute approximate surface area is 192 Å². The SMILES string of the molecule is Cc1ccc(C(=O)N[C@H]2C[C@H](C(=O)N3CCCC3)C[C@H]2c2nc(-c3ccccc3)no2)cn1. The molecule has 3 atom stereocenters. The van der Waals surface area contributed by atoms with Gasteiger partial charge in [0.25, 0.3) is 5.91 Å². The molecule has 0 spiro atoms. The molecule has 170 valence electrons. The predicted molar refractivity (Wildman–Crippen MR) is 121 cm³/mol. The predicted octanol–water partition coefficient (Wildman–Crippen LogP) is 3.35. The lowest BCUT2D eigenvalue weighted by Crippen LogP contribution is -2.37. The number of nitrogens with one attached hydrogen (secondary N) is 1. The average Bonchev–Trinajstić information content (AvgIpc) is 3.60. The summed E-state index contributed by atoms with van der Waals surface area (Å²) in [5, 5.41) is 7.27. The van der Waals surface area contributed by atoms with Crippen molar-refractivity contribution in [2.24, 2.45) is 5.92 Å². The van der Waals surface area contributed by atoms with Crippen molar-refractivity contribution in [1.82, 2.24) is 25.3 Å². The second kappa shape index (κ2) is 9.13. The number of rotatable bonds is 5. The molecule has 1 N–H and O–H groups in total. The van der Waals surface area contributed by atoms with Gasteiger partial charge in [0.2, 0.25) is 17.6 Å². The van der Waals surface area contributed by atoms with Crippen molar-refractivity contribution in [1.29, 1.82) is 0 Å². The molecule has 1 aromatic carbocycles. The van der Waals surface area contributed by atoms with E-state index in [-0.39, 0.29) is 29.7 Å². The summed E-state index contributed by atoms with van der Waals surface area (Å²) >= 11 is 0. The molecule has 3 heterocycles. The van der Waals surface area contributed by atoms with Gasteiger partial charge in [0, 0.05) is 42.5 Å². The summed E-state index contributed by atoms with van der Waals surface area (Å²) in [4.78, 5) is 36.9. The van der Waals surface area contributed by atoms with Crippen LogP contribution in [-0.2, 0) is 4.79 Å². The third-order valence-corrected chi connectivity index (χ3v) is 6.61. The normalized spacial score (nSPS) is 22.5. The Hall–Kier alpha value is -3.55. The van der Waals surface area contributed by atoms with Crippen LogP contribution in [0.1, 0.15) is 53.5 Å². The molecule has 1 aliphatic carbocycles. The van der Waals surface area contributed by atoms with Crippen LogP contribution in [0.25, 0.3) is 11.4 Å². The molecule has 2 amide bonds. The number of hydrogen-bond acceptors (Lipinski definition) is 6. The Kier molecular flexibility index (Phi) is 5.90. The van der Waals surface area contributed by atoms with Crippen LogP contribution >= 0.6 is 0 Å². The van der Waals surface area contributed by atoms with Crippen molar-refractivity contribution in [2.45, 2.75) is 44.6 Å². The number of carbonyl (C=O) groups excluding carboxylic acids is 2. The molecule has 0 radical (unpaired) electrons. The highest BCUT2D eigenvalue weighted by Crippen LogP contribution is 2.40. The fourth-order valence-corrected chi connectivity index (χ4v) is 4.81. The van der Waals surface area contributed by atoms with Crippen LogP contribution in [0, 0.1) is 12.8 Å². The van der Waals surface area contributed by atoms with Gasteiger partial charge in [-0.1, -0.05) is 35.5 Å². The van der Waals surface area contributed by atoms with Gasteiger partial charge >= 0.3 is 0 Å². The number of nitrogens with zero attached hydrogens (tertiary/aromatic N) is 4. The van der Waals surface area contributed by atoms with Crippen LogP contribution in [0.15, 0.2) is 53.2 Å². The van der Waals surface area contributed by atoms with Crippen LogP contribution in [0.5, 0.6) is 0 Å². The minimum atomic E-state index is -0.278. The fraction of sp³-hybridized carbons (Fsp3) is 0.400. The number of pyridine rings is 1. The van der Waals surface area contributed by atoms with Crippen molar-refractivity contribution in [3.8, 4) is 11.4 Å². The molecule has 1 saturated heterocycles. The van der Waals surface area contributed by atoms with Gasteiger partial charge in [-0.15, -0.1) is 0 Å². The fourth-order valence-electron chi connectivity index (χ4n) is 4.81. The van der Waals surface area contributed by atoms with E-state index in [0.29, 0.717) is 30.1 Å². The van der Waals surface area contributed by atoms with Crippen molar-refractivity contribution in [3.05, 3.63) is 65.8 Å². The summed E-state index contributed by atoms with van der Waals surface area (Å²) in [6.07, 6.45) is 4.79. The van der Waals surface area contributed by atoms with Gasteiger partial charge in [-0.2, -0.15) is 4.98 Å². The van der Waals surface area contributed by atoms with Gasteiger partial charge in [-0.3, -0.25) is 14.6 Å². The zero-order valence-corrected chi connectivity index (χ0v) is 18.6. The van der Waals surface area contributed by atoms with E-state index in [1.54, 1.807) is 12.3 Å². The van der Waals surface area contributed by atoms with Gasteiger partial charge in [-0.05, 0) is 44.7 Å². The highest BCUT2D eigenvalue weighted by molar-refractivity contribution is 5.94. The molecule has 8 nitrogen and oxygen atoms in total. The van der Waals surface area contributed by atoms with Crippen molar-refractivity contribution < 1.29 is 14.1 Å². The highest BCUT2D eigenvalue weighted by atomic mass is 16.5. The van der Waals surface area contributed by atoms with Crippen LogP contribution in [-0.4, -0.2) is 51.0 Å². The Morgan fingerprint density at radius 3 is 2.58 bits per heavy atom. The van der Waals surface area contributed by atoms with Crippen molar-refractivity contribution in [3.63, 3.8) is 0 Å². The molecule has 1 saturated carbocycles. The van der Waals surface area contributed by atoms with E-state index in [0.717, 1.165) is 37.2 Å². The molecule has 1 aliphatic heterocycles. The van der Waals surface area contributed by atoms with Gasteiger partial charge < -0.3 is 14.7 Å². The third-order valence-electron chi connectivity index (χ3n) is 6.61. The summed E-state index contributed by atoms with van der Waals surface area (Å²) in [7, 11) is 0. The minimum Gasteiger partial charge on any atom is -0.348 e. The summed E-state index contributed by atoms with van der Waals surface area (Å²) < 4.78 is 5.64. The average molecular weight is 446 g/mol. The maximum absolute atomic E-state index is 13.1. The van der Waals surface area contributed by atoms with Crippen LogP contribution in [0.2, 0.25) is 0 Å². The lowest BCUT2D eigenvalue weighted by molar-refractivity contribution is -0.134. The first-order valence-electron chi connectivity index (χ1n) is 11.5. The first kappa shape index (κ1) is 21.3. The molecule has 2 fully saturated rings. The van der Waals surface area contributed by atoms with Gasteiger partial charge in [0.15, 0.2) is 0 Å². The smallest absolute Gasteiger partial charge is 0.253 e. The monoisotopic (exact) mass is 445 g/mol. The lowest BCUT2D eigenvalue weighted by Gasteiger charge is -2.20. The first-order chi connectivity index (χ1) is 16.1. The van der Waals surface area contributed by atoms with Crippen LogP contribution < -0.4 is 5.32 Å². The van der Waals surface area contributed by atoms with Crippen LogP contribution in [0.4, 0.5) is 0 Å². The second-order valence-corrected chi connectivity index (χ2v) is 8.90. The molecule has 33 heavy (non-hydrogen) atoms. The summed E-state index contributed by atoms with van der Waals surface area (Å²) in [6.45, 7) is 3.50. The maximum atomic E-state index is 13.1. The molecular weight excluding hydrogens is 418 g/mol. The van der Waals surface area contributed by atoms with Gasteiger partial charge in [0.05, 0.1) is 11.5 Å². The first-order valence-corrected chi connectivity index (χ1v) is 11.5. The summed E-state index contributed by atoms with van der Waals surface area (Å²) in [6, 6.07) is 12.9. The molecule has 8 heteroatoms. The Balaban J connectivity index is 1.38. The quantitative estimate of drug-likeness (QED) is 0.646. The standard InChI is InChI=1S/C25H27N5O3/c1-16-9-10-18(15-26-16)23(31)27-21-14-19(25(32)30-11-5-6-12-30)13-20(21)24-28-22(29-33-24)17-7-3-2-4-8-17/h2-4,7-10,15,19-21H,5-6,11-14H2,1H3,(H,27,31)/t19-,20-,21+/m1/s1. The van der Waals surface area contributed by atoms with Crippen molar-refractivity contribution in [2.75, 3.05) is 13.1 Å². The van der Waals surface area contributed by atoms with E-state index in [4.69, 9.17) is 4.52 Å². The maximum Gasteiger partial charge on any atom is 0.253 e. The van der Waals surface area contributed by atoms with E-state index < -0.39 is 0 Å². The lowest BCUT2D eigenvalue weighted by atomic mass is 10.0. The zero-order valence-electron chi connectivity index (χ0n) is 18.6. The number of amides is 2. The number of likely N-dealkylation sites (tertiary alicyclic amines) is 1. The third kappa shape index (κ3) is 4.51. The number of benzene rings is 1. The van der Waals surface area contributed by atoms with E-state index in [2.05, 4.69) is 20.4 Å². The number of carbonyl (C=O) groups is 2. The van der Waals surface area contributed by atoms with Gasteiger partial charge in [-0.25, -0.2) is 0 Å². The Morgan fingerprint density at radius 2 is 1.85 bits per heavy atom.